The highest BCUT2D eigenvalue weighted by molar-refractivity contribution is 5.68. The Morgan fingerprint density at radius 2 is 1.79 bits per heavy atom. The molecule has 0 saturated carbocycles. The van der Waals surface area contributed by atoms with Crippen molar-refractivity contribution < 1.29 is 14.3 Å². The number of nitrogens with one attached hydrogen (secondary N) is 1. The highest BCUT2D eigenvalue weighted by Gasteiger charge is 2.25. The molecule has 0 bridgehead atoms. The Labute approximate surface area is 84.0 Å². The molecular weight excluding hydrogens is 184 g/mol. The van der Waals surface area contributed by atoms with Gasteiger partial charge in [0.05, 0.1) is 0 Å². The molecule has 0 aromatic rings. The van der Waals surface area contributed by atoms with Crippen LogP contribution in [0.3, 0.4) is 0 Å². The minimum Gasteiger partial charge on any atom is -0.444 e. The van der Waals surface area contributed by atoms with Gasteiger partial charge < -0.3 is 9.47 Å². The van der Waals surface area contributed by atoms with Gasteiger partial charge in [-0.25, -0.2) is 4.79 Å². The molecule has 0 fully saturated rings. The van der Waals surface area contributed by atoms with E-state index in [0.717, 1.165) is 0 Å². The first-order valence-electron chi connectivity index (χ1n) is 4.24. The third kappa shape index (κ3) is 6.12. The molecule has 0 unspecified atom stereocenters. The van der Waals surface area contributed by atoms with Crippen LogP contribution in [0.2, 0.25) is 0 Å². The summed E-state index contributed by atoms with van der Waals surface area (Å²) in [4.78, 5) is 11.2. The maximum absolute atomic E-state index is 11.2. The number of hydrogen-bond acceptors (Lipinski definition) is 4. The van der Waals surface area contributed by atoms with E-state index < -0.39 is 17.4 Å². The van der Waals surface area contributed by atoms with E-state index >= 15 is 0 Å². The van der Waals surface area contributed by atoms with Crippen molar-refractivity contribution in [2.45, 2.75) is 45.9 Å². The van der Waals surface area contributed by atoms with E-state index in [-0.39, 0.29) is 0 Å². The first kappa shape index (κ1) is 12.6. The Kier molecular flexibility index (Phi) is 3.75. The molecule has 0 aliphatic heterocycles. The Balaban J connectivity index is 4.14. The van der Waals surface area contributed by atoms with Crippen LogP contribution in [0.5, 0.6) is 0 Å². The fraction of sp³-hybridized carbons (Fsp3) is 0.778. The first-order chi connectivity index (χ1) is 6.16. The molecular formula is C9H16N2O3. The Hall–Kier alpha value is -1.44. The topological polar surface area (TPSA) is 71.3 Å². The van der Waals surface area contributed by atoms with Gasteiger partial charge in [-0.1, -0.05) is 0 Å². The molecule has 0 rings (SSSR count). The normalized spacial score (nSPS) is 11.4. The highest BCUT2D eigenvalue weighted by Crippen LogP contribution is 2.09. The fourth-order valence-electron chi connectivity index (χ4n) is 0.689. The van der Waals surface area contributed by atoms with Crippen LogP contribution in [0.1, 0.15) is 34.6 Å². The van der Waals surface area contributed by atoms with Crippen molar-refractivity contribution in [2.24, 2.45) is 0 Å². The summed E-state index contributed by atoms with van der Waals surface area (Å²) in [6.07, 6.45) is 0.893. The van der Waals surface area contributed by atoms with Gasteiger partial charge in [-0.3, -0.25) is 5.32 Å². The van der Waals surface area contributed by atoms with E-state index in [1.165, 1.54) is 6.26 Å². The predicted octanol–water partition coefficient (Wildman–Crippen LogP) is 1.74. The molecule has 0 saturated heterocycles. The van der Waals surface area contributed by atoms with Crippen LogP contribution < -0.4 is 5.32 Å². The highest BCUT2D eigenvalue weighted by atomic mass is 16.6. The summed E-state index contributed by atoms with van der Waals surface area (Å²) < 4.78 is 9.59. The average molecular weight is 200 g/mol. The van der Waals surface area contributed by atoms with Crippen LogP contribution in [0.15, 0.2) is 0 Å². The van der Waals surface area contributed by atoms with Gasteiger partial charge in [-0.05, 0) is 34.6 Å². The number of alkyl carbamates (subject to hydrolysis) is 1. The monoisotopic (exact) mass is 200 g/mol. The van der Waals surface area contributed by atoms with Crippen LogP contribution in [0.25, 0.3) is 0 Å². The Morgan fingerprint density at radius 3 is 2.14 bits per heavy atom. The number of amides is 1. The number of carbonyl (C=O) groups is 1. The molecule has 80 valence electrons. The minimum absolute atomic E-state index is 0.563. The van der Waals surface area contributed by atoms with E-state index in [2.05, 4.69) is 10.1 Å². The molecule has 5 nitrogen and oxygen atoms in total. The lowest BCUT2D eigenvalue weighted by atomic mass is 10.2. The number of rotatable bonds is 2. The van der Waals surface area contributed by atoms with Gasteiger partial charge in [-0.15, -0.1) is 0 Å². The van der Waals surface area contributed by atoms with Crippen LogP contribution in [-0.2, 0) is 9.47 Å². The van der Waals surface area contributed by atoms with Crippen LogP contribution in [0.4, 0.5) is 4.79 Å². The largest absolute Gasteiger partial charge is 0.444 e. The maximum atomic E-state index is 11.2. The van der Waals surface area contributed by atoms with E-state index in [4.69, 9.17) is 10.00 Å². The van der Waals surface area contributed by atoms with Gasteiger partial charge in [0, 0.05) is 0 Å². The minimum atomic E-state index is -1.04. The summed E-state index contributed by atoms with van der Waals surface area (Å²) in [5.41, 5.74) is -1.61. The molecule has 14 heavy (non-hydrogen) atoms. The first-order valence-corrected chi connectivity index (χ1v) is 4.24. The fourth-order valence-corrected chi connectivity index (χ4v) is 0.689. The van der Waals surface area contributed by atoms with Crippen molar-refractivity contribution in [3.8, 4) is 6.26 Å². The molecule has 0 atom stereocenters. The van der Waals surface area contributed by atoms with Crippen molar-refractivity contribution >= 4 is 6.09 Å². The van der Waals surface area contributed by atoms with E-state index in [9.17, 15) is 4.79 Å². The summed E-state index contributed by atoms with van der Waals surface area (Å²) in [7, 11) is 0. The lowest BCUT2D eigenvalue weighted by Crippen LogP contribution is -2.46. The molecule has 0 spiro atoms. The van der Waals surface area contributed by atoms with Crippen LogP contribution >= 0.6 is 0 Å². The summed E-state index contributed by atoms with van der Waals surface area (Å²) in [5, 5.41) is 10.7. The average Bonchev–Trinajstić information content (AvgIpc) is 1.78. The van der Waals surface area contributed by atoms with E-state index in [0.29, 0.717) is 0 Å². The summed E-state index contributed by atoms with van der Waals surface area (Å²) in [6, 6.07) is 0. The smallest absolute Gasteiger partial charge is 0.410 e. The maximum Gasteiger partial charge on any atom is 0.410 e. The van der Waals surface area contributed by atoms with E-state index in [1.54, 1.807) is 34.6 Å². The van der Waals surface area contributed by atoms with Gasteiger partial charge in [0.15, 0.2) is 5.72 Å². The van der Waals surface area contributed by atoms with Gasteiger partial charge >= 0.3 is 6.09 Å². The zero-order chi connectivity index (χ0) is 11.4. The molecule has 1 amide bonds. The van der Waals surface area contributed by atoms with Crippen molar-refractivity contribution in [2.75, 3.05) is 0 Å². The van der Waals surface area contributed by atoms with Gasteiger partial charge in [0.2, 0.25) is 0 Å². The SMILES string of the molecule is CC(C)(C)OC(=O)NC(C)(C)OC#N. The Morgan fingerprint density at radius 1 is 1.29 bits per heavy atom. The number of ether oxygens (including phenoxy) is 2. The molecule has 0 aromatic heterocycles. The standard InChI is InChI=1S/C9H16N2O3/c1-8(2,3)14-7(12)11-9(4,5)13-6-10/h1-5H3,(H,11,12). The van der Waals surface area contributed by atoms with Crippen molar-refractivity contribution in [1.82, 2.24) is 5.32 Å². The number of nitriles is 1. The second-order valence-corrected chi connectivity index (χ2v) is 4.33. The van der Waals surface area contributed by atoms with Gasteiger partial charge in [-0.2, -0.15) is 5.26 Å². The molecule has 5 heteroatoms. The lowest BCUT2D eigenvalue weighted by molar-refractivity contribution is 0.00546. The number of nitrogens with zero attached hydrogens (tertiary/aromatic N) is 1. The zero-order valence-corrected chi connectivity index (χ0v) is 9.17. The third-order valence-corrected chi connectivity index (χ3v) is 1.10. The second-order valence-electron chi connectivity index (χ2n) is 4.33. The van der Waals surface area contributed by atoms with Crippen LogP contribution in [0, 0.1) is 11.5 Å². The summed E-state index contributed by atoms with van der Waals surface area (Å²) in [6.45, 7) is 8.38. The zero-order valence-electron chi connectivity index (χ0n) is 9.17. The number of hydrogen-bond donors (Lipinski definition) is 1. The third-order valence-electron chi connectivity index (χ3n) is 1.10. The van der Waals surface area contributed by atoms with Crippen molar-refractivity contribution in [1.29, 1.82) is 5.26 Å². The molecule has 0 heterocycles. The molecule has 0 aliphatic carbocycles. The predicted molar refractivity (Wildman–Crippen MR) is 50.1 cm³/mol. The van der Waals surface area contributed by atoms with E-state index in [1.807, 2.05) is 0 Å². The van der Waals surface area contributed by atoms with Crippen molar-refractivity contribution in [3.05, 3.63) is 0 Å². The molecule has 0 radical (unpaired) electrons. The molecule has 0 aromatic carbocycles. The number of carbonyl (C=O) groups excluding carboxylic acids is 1. The molecule has 0 aliphatic rings. The van der Waals surface area contributed by atoms with Crippen LogP contribution in [-0.4, -0.2) is 17.4 Å². The quantitative estimate of drug-likeness (QED) is 0.544. The van der Waals surface area contributed by atoms with Crippen molar-refractivity contribution in [3.63, 3.8) is 0 Å². The second kappa shape index (κ2) is 4.18. The molecule has 1 N–H and O–H groups in total. The summed E-state index contributed by atoms with van der Waals surface area (Å²) in [5.74, 6) is 0. The summed E-state index contributed by atoms with van der Waals surface area (Å²) >= 11 is 0. The Bertz CT molecular complexity index is 248. The lowest BCUT2D eigenvalue weighted by Gasteiger charge is -2.26. The van der Waals surface area contributed by atoms with Gasteiger partial charge in [0.25, 0.3) is 6.26 Å². The van der Waals surface area contributed by atoms with Gasteiger partial charge in [0.1, 0.15) is 5.60 Å².